The lowest BCUT2D eigenvalue weighted by Crippen LogP contribution is -2.58. The number of pyridine rings is 3. The van der Waals surface area contributed by atoms with Gasteiger partial charge in [-0.05, 0) is 238 Å². The molecule has 9 atom stereocenters. The number of benzene rings is 6. The number of amides is 9. The number of hydrogen-bond donors (Lipinski definition) is 9. The van der Waals surface area contributed by atoms with E-state index in [9.17, 15) is 84.8 Å². The van der Waals surface area contributed by atoms with Crippen LogP contribution in [0.3, 0.4) is 0 Å². The number of aromatic nitrogens is 3. The van der Waals surface area contributed by atoms with Crippen molar-refractivity contribution in [3.63, 3.8) is 0 Å². The van der Waals surface area contributed by atoms with Gasteiger partial charge < -0.3 is 61.9 Å². The molecule has 3 aliphatic carbocycles. The number of likely N-dealkylation sites (tertiary alicyclic amines) is 3. The summed E-state index contributed by atoms with van der Waals surface area (Å²) in [5, 5.41) is 49.9. The average Bonchev–Trinajstić information content (AvgIpc) is 1.62. The molecular weight excluding hydrogens is 1600 g/mol. The zero-order valence-corrected chi connectivity index (χ0v) is 68.8. The fourth-order valence-corrected chi connectivity index (χ4v) is 20.5. The highest BCUT2D eigenvalue weighted by Gasteiger charge is 2.57. The van der Waals surface area contributed by atoms with Crippen molar-refractivity contribution in [1.29, 1.82) is 0 Å². The summed E-state index contributed by atoms with van der Waals surface area (Å²) in [6.07, 6.45) is 6.25. The molecule has 9 aliphatic rings. The molecule has 6 aliphatic heterocycles. The SMILES string of the molecule is CC1(C)C(=O)N(CC(=O)Nc2ccc3c(c2)CC2(C3)C(=O)Nc3ncccc32)C(c2cc(F)cc(F)c2)CC1O.CCC1(CC)C(=O)N(CC(=O)Nc2ccc3c(c2)CC2(C3)C(=O)Nc3ncccc32)C(c2cc(F)cc(F)c2)CC1O.CCC1(CC)C(=O)N(CC(=O)Nc2ccc3c(c2)CC2(C3)C(=O)Nc3ncccc32)C(c2cc(F)cc(F)c2)CC1O. The molecule has 3 aromatic heterocycles. The first-order valence-corrected chi connectivity index (χ1v) is 41.6. The number of piperidine rings is 3. The summed E-state index contributed by atoms with van der Waals surface area (Å²) in [6, 6.07) is 33.9. The maximum Gasteiger partial charge on any atom is 0.244 e. The van der Waals surface area contributed by atoms with Crippen LogP contribution in [0.1, 0.15) is 171 Å². The summed E-state index contributed by atoms with van der Waals surface area (Å²) < 4.78 is 84.6. The molecule has 30 heteroatoms. The molecule has 18 rings (SSSR count). The third kappa shape index (κ3) is 15.0. The predicted octanol–water partition coefficient (Wildman–Crippen LogP) is 12.5. The van der Waals surface area contributed by atoms with Gasteiger partial charge in [-0.3, -0.25) is 43.2 Å². The molecule has 9 amide bonds. The van der Waals surface area contributed by atoms with Crippen molar-refractivity contribution < 1.29 is 84.8 Å². The summed E-state index contributed by atoms with van der Waals surface area (Å²) >= 11 is 0. The number of nitrogens with zero attached hydrogens (tertiary/aromatic N) is 6. The lowest BCUT2D eigenvalue weighted by Gasteiger charge is -2.48. The van der Waals surface area contributed by atoms with Gasteiger partial charge in [0.15, 0.2) is 0 Å². The number of carbonyl (C=O) groups excluding carboxylic acids is 9. The van der Waals surface area contributed by atoms with Crippen molar-refractivity contribution in [3.8, 4) is 0 Å². The Morgan fingerprint density at radius 3 is 0.927 bits per heavy atom. The number of halogens is 6. The van der Waals surface area contributed by atoms with E-state index in [0.717, 1.165) is 105 Å². The van der Waals surface area contributed by atoms with E-state index >= 15 is 0 Å². The molecule has 3 saturated heterocycles. The van der Waals surface area contributed by atoms with Crippen LogP contribution in [0.4, 0.5) is 60.9 Å². The van der Waals surface area contributed by atoms with Crippen LogP contribution < -0.4 is 31.9 Å². The lowest BCUT2D eigenvalue weighted by molar-refractivity contribution is -0.166. The quantitative estimate of drug-likeness (QED) is 0.0406. The topological polar surface area (TPSA) is 335 Å². The maximum absolute atomic E-state index is 14.2. The number of anilines is 6. The average molecular weight is 1700 g/mol. The molecule has 24 nitrogen and oxygen atoms in total. The van der Waals surface area contributed by atoms with Crippen molar-refractivity contribution in [1.82, 2.24) is 29.7 Å². The van der Waals surface area contributed by atoms with Crippen LogP contribution in [0.5, 0.6) is 0 Å². The van der Waals surface area contributed by atoms with Crippen molar-refractivity contribution in [2.24, 2.45) is 16.2 Å². The molecule has 0 saturated carbocycles. The van der Waals surface area contributed by atoms with Gasteiger partial charge in [0.25, 0.3) is 0 Å². The number of rotatable bonds is 16. The van der Waals surface area contributed by atoms with E-state index in [1.165, 1.54) is 14.7 Å². The third-order valence-electron chi connectivity index (χ3n) is 27.4. The summed E-state index contributed by atoms with van der Waals surface area (Å²) in [6.45, 7) is 9.29. The van der Waals surface area contributed by atoms with Gasteiger partial charge in [-0.1, -0.05) is 64.1 Å². The van der Waals surface area contributed by atoms with E-state index in [-0.39, 0.29) is 73.3 Å². The molecule has 0 radical (unpaired) electrons. The second kappa shape index (κ2) is 32.6. The minimum absolute atomic E-state index is 0.0221. The Morgan fingerprint density at radius 2 is 0.645 bits per heavy atom. The minimum Gasteiger partial charge on any atom is -0.392 e. The number of hydrogen-bond acceptors (Lipinski definition) is 15. The zero-order chi connectivity index (χ0) is 88.0. The summed E-state index contributed by atoms with van der Waals surface area (Å²) in [5.41, 5.74) is 4.81. The van der Waals surface area contributed by atoms with Gasteiger partial charge in [-0.2, -0.15) is 0 Å². The normalized spacial score (nSPS) is 24.2. The van der Waals surface area contributed by atoms with Gasteiger partial charge in [0.1, 0.15) is 72.0 Å². The smallest absolute Gasteiger partial charge is 0.244 e. The molecule has 642 valence electrons. The van der Waals surface area contributed by atoms with Crippen molar-refractivity contribution in [3.05, 3.63) is 266 Å². The lowest BCUT2D eigenvalue weighted by atomic mass is 9.69. The Hall–Kier alpha value is -12.5. The molecule has 3 spiro atoms. The van der Waals surface area contributed by atoms with Crippen molar-refractivity contribution in [2.75, 3.05) is 51.5 Å². The number of carbonyl (C=O) groups is 9. The van der Waals surface area contributed by atoms with Crippen LogP contribution in [-0.4, -0.2) is 136 Å². The second-order valence-corrected chi connectivity index (χ2v) is 34.6. The third-order valence-corrected chi connectivity index (χ3v) is 27.4. The molecule has 6 aromatic carbocycles. The molecule has 0 bridgehead atoms. The molecule has 9 N–H and O–H groups in total. The number of aliphatic hydroxyl groups is 3. The van der Waals surface area contributed by atoms with E-state index in [1.807, 2.05) is 72.8 Å². The zero-order valence-electron chi connectivity index (χ0n) is 68.8. The Labute approximate surface area is 710 Å². The largest absolute Gasteiger partial charge is 0.392 e. The fourth-order valence-electron chi connectivity index (χ4n) is 20.5. The minimum atomic E-state index is -1.18. The molecule has 9 aromatic rings. The van der Waals surface area contributed by atoms with Crippen LogP contribution in [0.15, 0.2) is 164 Å². The van der Waals surface area contributed by atoms with Gasteiger partial charge in [0, 0.05) is 70.5 Å². The highest BCUT2D eigenvalue weighted by molar-refractivity contribution is 6.09. The first-order valence-electron chi connectivity index (χ1n) is 41.6. The summed E-state index contributed by atoms with van der Waals surface area (Å²) in [7, 11) is 0. The van der Waals surface area contributed by atoms with Crippen molar-refractivity contribution >= 4 is 87.7 Å². The van der Waals surface area contributed by atoms with Crippen LogP contribution in [-0.2, 0) is 97.9 Å². The molecule has 9 heterocycles. The summed E-state index contributed by atoms with van der Waals surface area (Å²) in [5.74, 6) is -6.21. The first kappa shape index (κ1) is 85.0. The Morgan fingerprint density at radius 1 is 0.379 bits per heavy atom. The van der Waals surface area contributed by atoms with E-state index in [0.29, 0.717) is 98.7 Å². The van der Waals surface area contributed by atoms with Crippen LogP contribution in [0, 0.1) is 51.1 Å². The van der Waals surface area contributed by atoms with E-state index in [1.54, 1.807) is 78.3 Å². The van der Waals surface area contributed by atoms with E-state index in [2.05, 4.69) is 46.9 Å². The van der Waals surface area contributed by atoms with Gasteiger partial charge >= 0.3 is 0 Å². The predicted molar refractivity (Wildman–Crippen MR) is 445 cm³/mol. The van der Waals surface area contributed by atoms with Crippen LogP contribution in [0.25, 0.3) is 0 Å². The van der Waals surface area contributed by atoms with E-state index < -0.39 is 139 Å². The number of aliphatic hydroxyl groups excluding tert-OH is 3. The highest BCUT2D eigenvalue weighted by Crippen LogP contribution is 2.53. The molecule has 9 unspecified atom stereocenters. The second-order valence-electron chi connectivity index (χ2n) is 34.6. The Kier molecular flexibility index (Phi) is 22.4. The van der Waals surface area contributed by atoms with Crippen LogP contribution in [0.2, 0.25) is 0 Å². The number of nitrogens with one attached hydrogen (secondary N) is 6. The van der Waals surface area contributed by atoms with Crippen molar-refractivity contribution in [2.45, 2.75) is 178 Å². The number of fused-ring (bicyclic) bond motifs is 9. The molecule has 124 heavy (non-hydrogen) atoms. The Bertz CT molecular complexity index is 5610. The first-order chi connectivity index (χ1) is 59.2. The monoisotopic (exact) mass is 1690 g/mol. The van der Waals surface area contributed by atoms with E-state index in [4.69, 9.17) is 0 Å². The van der Waals surface area contributed by atoms with Gasteiger partial charge in [-0.15, -0.1) is 0 Å². The Balaban J connectivity index is 0.000000138. The van der Waals surface area contributed by atoms with Gasteiger partial charge in [0.05, 0.1) is 68.9 Å². The van der Waals surface area contributed by atoms with Gasteiger partial charge in [-0.25, -0.2) is 41.3 Å². The van der Waals surface area contributed by atoms with Gasteiger partial charge in [0.2, 0.25) is 53.2 Å². The molecular formula is C94H92F6N12O12. The standard InChI is InChI=1S/2C32H32F2N4O4.C30H28F2N4O4/c2*1-3-31(4-2)26(39)14-25(19-10-21(33)13-22(34)11-19)38(30(31)42)17-27(40)36-23-8-7-18-15-32(16-20(18)12-23)24-6-5-9-35-28(24)37-29(32)41;1-29(2)24(37)12-23(17-8-19(31)11-20(32)9-17)36(28(29)40)15-25(38)34-21-6-5-16-13-30(14-18(16)10-21)22-4-3-7-33-26(22)35-27(30)39/h2*5-13,25-26,39H,3-4,14-17H2,1-2H3,(H,36,40)(H,35,37,41);3-11,23-24,37H,12-15H2,1-2H3,(H,34,38)(H,33,35,39). The summed E-state index contributed by atoms with van der Waals surface area (Å²) in [4.78, 5) is 137. The fraction of sp³-hybridized carbons (Fsp3) is 0.362. The molecule has 3 fully saturated rings. The van der Waals surface area contributed by atoms with Crippen LogP contribution >= 0.6 is 0 Å². The maximum atomic E-state index is 14.2. The highest BCUT2D eigenvalue weighted by atomic mass is 19.2.